The van der Waals surface area contributed by atoms with E-state index in [2.05, 4.69) is 33.8 Å². The van der Waals surface area contributed by atoms with Gasteiger partial charge in [-0.1, -0.05) is 18.2 Å². The average molecular weight is 231 g/mol. The van der Waals surface area contributed by atoms with E-state index in [1.54, 1.807) is 0 Å². The van der Waals surface area contributed by atoms with Crippen molar-refractivity contribution in [2.24, 2.45) is 0 Å². The van der Waals surface area contributed by atoms with E-state index in [1.165, 1.54) is 18.4 Å². The van der Waals surface area contributed by atoms with Crippen LogP contribution in [-0.2, 0) is 0 Å². The molecule has 3 nitrogen and oxygen atoms in total. The lowest BCUT2D eigenvalue weighted by atomic mass is 10.2. The number of rotatable bonds is 2. The molecule has 1 saturated carbocycles. The molecule has 1 aromatic carbocycles. The number of H-pyrrole nitrogens is 1. The lowest BCUT2D eigenvalue weighted by Crippen LogP contribution is -2.01. The maximum Gasteiger partial charge on any atom is 0.199 e. The van der Waals surface area contributed by atoms with Gasteiger partial charge < -0.3 is 0 Å². The first-order valence-electron chi connectivity index (χ1n) is 5.50. The zero-order chi connectivity index (χ0) is 11.1. The summed E-state index contributed by atoms with van der Waals surface area (Å²) >= 11 is 5.31. The van der Waals surface area contributed by atoms with Gasteiger partial charge in [-0.25, -0.2) is 0 Å². The minimum absolute atomic E-state index is 0.590. The third-order valence-corrected chi connectivity index (χ3v) is 3.27. The number of hydrogen-bond donors (Lipinski definition) is 1. The van der Waals surface area contributed by atoms with Crippen LogP contribution in [0.5, 0.6) is 0 Å². The minimum Gasteiger partial charge on any atom is -0.272 e. The first kappa shape index (κ1) is 9.78. The molecule has 1 aliphatic carbocycles. The smallest absolute Gasteiger partial charge is 0.199 e. The zero-order valence-corrected chi connectivity index (χ0v) is 9.92. The molecule has 0 radical (unpaired) electrons. The van der Waals surface area contributed by atoms with Crippen LogP contribution in [0.1, 0.15) is 30.1 Å². The van der Waals surface area contributed by atoms with Gasteiger partial charge >= 0.3 is 0 Å². The second-order valence-electron chi connectivity index (χ2n) is 4.28. The summed E-state index contributed by atoms with van der Waals surface area (Å²) in [6.07, 6.45) is 2.46. The van der Waals surface area contributed by atoms with Crippen molar-refractivity contribution in [3.8, 4) is 5.69 Å². The Morgan fingerprint density at radius 1 is 1.38 bits per heavy atom. The first-order valence-corrected chi connectivity index (χ1v) is 5.91. The number of benzene rings is 1. The van der Waals surface area contributed by atoms with Crippen molar-refractivity contribution in [2.45, 2.75) is 25.7 Å². The molecule has 0 saturated heterocycles. The molecule has 1 aliphatic rings. The predicted octanol–water partition coefficient (Wildman–Crippen LogP) is 3.12. The number of nitrogens with one attached hydrogen (secondary N) is 1. The molecule has 0 amide bonds. The number of aryl methyl sites for hydroxylation is 1. The van der Waals surface area contributed by atoms with Gasteiger partial charge in [0.2, 0.25) is 0 Å². The van der Waals surface area contributed by atoms with E-state index in [9.17, 15) is 0 Å². The van der Waals surface area contributed by atoms with Gasteiger partial charge in [-0.15, -0.1) is 0 Å². The Balaban J connectivity index is 2.22. The van der Waals surface area contributed by atoms with Gasteiger partial charge in [0.15, 0.2) is 4.77 Å². The number of nitrogens with zero attached hydrogens (tertiary/aromatic N) is 2. The normalized spacial score (nSPS) is 15.3. The highest BCUT2D eigenvalue weighted by Gasteiger charge is 2.29. The monoisotopic (exact) mass is 231 g/mol. The predicted molar refractivity (Wildman–Crippen MR) is 65.5 cm³/mol. The molecule has 4 heteroatoms. The van der Waals surface area contributed by atoms with Crippen LogP contribution in [0.2, 0.25) is 0 Å². The maximum absolute atomic E-state index is 5.31. The molecule has 3 rings (SSSR count). The van der Waals surface area contributed by atoms with E-state index in [4.69, 9.17) is 12.2 Å². The van der Waals surface area contributed by atoms with Crippen molar-refractivity contribution in [2.75, 3.05) is 0 Å². The summed E-state index contributed by atoms with van der Waals surface area (Å²) in [6.45, 7) is 2.10. The lowest BCUT2D eigenvalue weighted by Gasteiger charge is -2.08. The molecule has 2 aromatic rings. The van der Waals surface area contributed by atoms with Crippen LogP contribution in [0.25, 0.3) is 5.69 Å². The van der Waals surface area contributed by atoms with Crippen LogP contribution in [0.3, 0.4) is 0 Å². The van der Waals surface area contributed by atoms with Gasteiger partial charge in [0.1, 0.15) is 5.82 Å². The van der Waals surface area contributed by atoms with Crippen molar-refractivity contribution in [1.29, 1.82) is 0 Å². The highest BCUT2D eigenvalue weighted by Crippen LogP contribution is 2.39. The van der Waals surface area contributed by atoms with E-state index < -0.39 is 0 Å². The van der Waals surface area contributed by atoms with Crippen LogP contribution in [-0.4, -0.2) is 14.8 Å². The highest BCUT2D eigenvalue weighted by atomic mass is 32.1. The van der Waals surface area contributed by atoms with E-state index in [0.29, 0.717) is 10.7 Å². The SMILES string of the molecule is Cc1ccccc1-n1c(C2CC2)n[nH]c1=S. The second kappa shape index (κ2) is 3.56. The quantitative estimate of drug-likeness (QED) is 0.806. The summed E-state index contributed by atoms with van der Waals surface area (Å²) in [4.78, 5) is 0. The molecule has 1 fully saturated rings. The molecule has 82 valence electrons. The Labute approximate surface area is 99.1 Å². The number of para-hydroxylation sites is 1. The average Bonchev–Trinajstić information content (AvgIpc) is 3.04. The summed E-state index contributed by atoms with van der Waals surface area (Å²) in [5, 5.41) is 7.24. The molecule has 16 heavy (non-hydrogen) atoms. The molecular formula is C12H13N3S. The van der Waals surface area contributed by atoms with Gasteiger partial charge in [-0.3, -0.25) is 9.67 Å². The number of hydrogen-bond acceptors (Lipinski definition) is 2. The standard InChI is InChI=1S/C12H13N3S/c1-8-4-2-3-5-10(8)15-11(9-6-7-9)13-14-12(15)16/h2-5,9H,6-7H2,1H3,(H,14,16). The molecule has 0 unspecified atom stereocenters. The summed E-state index contributed by atoms with van der Waals surface area (Å²) in [7, 11) is 0. The lowest BCUT2D eigenvalue weighted by molar-refractivity contribution is 0.864. The number of aromatic nitrogens is 3. The van der Waals surface area contributed by atoms with E-state index in [1.807, 2.05) is 12.1 Å². The van der Waals surface area contributed by atoms with Crippen molar-refractivity contribution < 1.29 is 0 Å². The van der Waals surface area contributed by atoms with Crippen LogP contribution < -0.4 is 0 Å². The Morgan fingerprint density at radius 2 is 2.12 bits per heavy atom. The number of aromatic amines is 1. The molecule has 0 atom stereocenters. The Bertz CT molecular complexity index is 578. The molecule has 0 aliphatic heterocycles. The first-order chi connectivity index (χ1) is 7.77. The fourth-order valence-corrected chi connectivity index (χ4v) is 2.21. The van der Waals surface area contributed by atoms with Gasteiger partial charge in [0.25, 0.3) is 0 Å². The molecular weight excluding hydrogens is 218 g/mol. The summed E-state index contributed by atoms with van der Waals surface area (Å²) in [5.41, 5.74) is 2.37. The van der Waals surface area contributed by atoms with E-state index in [-0.39, 0.29) is 0 Å². The molecule has 1 heterocycles. The van der Waals surface area contributed by atoms with Crippen molar-refractivity contribution >= 4 is 12.2 Å². The summed E-state index contributed by atoms with van der Waals surface area (Å²) in [5.74, 6) is 1.67. The Hall–Kier alpha value is -1.42. The highest BCUT2D eigenvalue weighted by molar-refractivity contribution is 7.71. The molecule has 0 bridgehead atoms. The summed E-state index contributed by atoms with van der Waals surface area (Å²) < 4.78 is 2.76. The van der Waals surface area contributed by atoms with Gasteiger partial charge in [0, 0.05) is 5.92 Å². The van der Waals surface area contributed by atoms with Gasteiger partial charge in [-0.2, -0.15) is 5.10 Å². The van der Waals surface area contributed by atoms with Crippen LogP contribution in [0.15, 0.2) is 24.3 Å². The van der Waals surface area contributed by atoms with Gasteiger partial charge in [0.05, 0.1) is 5.69 Å². The minimum atomic E-state index is 0.590. The van der Waals surface area contributed by atoms with Gasteiger partial charge in [-0.05, 0) is 43.6 Å². The van der Waals surface area contributed by atoms with Crippen molar-refractivity contribution in [3.05, 3.63) is 40.4 Å². The molecule has 1 aromatic heterocycles. The second-order valence-corrected chi connectivity index (χ2v) is 4.67. The largest absolute Gasteiger partial charge is 0.272 e. The Morgan fingerprint density at radius 3 is 2.81 bits per heavy atom. The van der Waals surface area contributed by atoms with Crippen molar-refractivity contribution in [1.82, 2.24) is 14.8 Å². The van der Waals surface area contributed by atoms with Crippen LogP contribution in [0.4, 0.5) is 0 Å². The van der Waals surface area contributed by atoms with Crippen LogP contribution in [0, 0.1) is 11.7 Å². The van der Waals surface area contributed by atoms with E-state index in [0.717, 1.165) is 11.5 Å². The molecule has 1 N–H and O–H groups in total. The topological polar surface area (TPSA) is 33.6 Å². The fourth-order valence-electron chi connectivity index (χ4n) is 1.97. The third kappa shape index (κ3) is 1.50. The van der Waals surface area contributed by atoms with Crippen molar-refractivity contribution in [3.63, 3.8) is 0 Å². The fraction of sp³-hybridized carbons (Fsp3) is 0.333. The van der Waals surface area contributed by atoms with Crippen LogP contribution >= 0.6 is 12.2 Å². The molecule has 0 spiro atoms. The van der Waals surface area contributed by atoms with E-state index >= 15 is 0 Å². The zero-order valence-electron chi connectivity index (χ0n) is 9.10. The third-order valence-electron chi connectivity index (χ3n) is 3.00. The Kier molecular flexibility index (Phi) is 2.17. The maximum atomic E-state index is 5.31. The summed E-state index contributed by atoms with van der Waals surface area (Å²) in [6, 6.07) is 8.26.